The molecular weight excluding hydrogens is 350 g/mol. The number of aromatic nitrogens is 1. The fraction of sp³-hybridized carbons (Fsp3) is 0.217. The van der Waals surface area contributed by atoms with E-state index in [0.717, 1.165) is 42.4 Å². The van der Waals surface area contributed by atoms with E-state index in [1.807, 2.05) is 65.2 Å². The first-order valence-electron chi connectivity index (χ1n) is 9.55. The van der Waals surface area contributed by atoms with Crippen LogP contribution >= 0.6 is 0 Å². The second-order valence-corrected chi connectivity index (χ2v) is 7.09. The highest BCUT2D eigenvalue weighted by Crippen LogP contribution is 2.23. The van der Waals surface area contributed by atoms with Crippen molar-refractivity contribution in [3.63, 3.8) is 0 Å². The molecule has 0 spiro atoms. The van der Waals surface area contributed by atoms with E-state index in [2.05, 4.69) is 5.32 Å². The van der Waals surface area contributed by atoms with Crippen molar-refractivity contribution in [3.8, 4) is 0 Å². The van der Waals surface area contributed by atoms with Crippen molar-refractivity contribution in [1.29, 1.82) is 0 Å². The molecule has 0 atom stereocenters. The first-order valence-corrected chi connectivity index (χ1v) is 9.55. The van der Waals surface area contributed by atoms with E-state index >= 15 is 0 Å². The molecule has 0 saturated carbocycles. The van der Waals surface area contributed by atoms with Gasteiger partial charge in [-0.05, 0) is 37.1 Å². The van der Waals surface area contributed by atoms with Crippen LogP contribution in [0.3, 0.4) is 0 Å². The van der Waals surface area contributed by atoms with Gasteiger partial charge in [-0.1, -0.05) is 36.4 Å². The number of rotatable bonds is 4. The summed E-state index contributed by atoms with van der Waals surface area (Å²) >= 11 is 0. The fourth-order valence-electron chi connectivity index (χ4n) is 3.67. The Bertz CT molecular complexity index is 1040. The third kappa shape index (κ3) is 3.56. The number of amides is 2. The number of benzene rings is 2. The van der Waals surface area contributed by atoms with Crippen LogP contribution in [-0.4, -0.2) is 34.4 Å². The van der Waals surface area contributed by atoms with Crippen LogP contribution in [0.15, 0.2) is 66.5 Å². The van der Waals surface area contributed by atoms with Crippen LogP contribution < -0.4 is 5.32 Å². The highest BCUT2D eigenvalue weighted by molar-refractivity contribution is 6.06. The Balaban J connectivity index is 1.72. The number of likely N-dealkylation sites (tertiary alicyclic amines) is 1. The molecule has 4 rings (SSSR count). The largest absolute Gasteiger partial charge is 0.350 e. The normalized spacial score (nSPS) is 14.5. The number of carbonyl (C=O) groups excluding carboxylic acids is 2. The number of fused-ring (bicyclic) bond motifs is 1. The van der Waals surface area contributed by atoms with E-state index in [9.17, 15) is 9.59 Å². The number of nitrogens with zero attached hydrogens (tertiary/aromatic N) is 2. The van der Waals surface area contributed by atoms with Crippen LogP contribution in [0.25, 0.3) is 17.0 Å². The van der Waals surface area contributed by atoms with E-state index in [4.69, 9.17) is 0 Å². The van der Waals surface area contributed by atoms with Crippen LogP contribution in [0.5, 0.6) is 0 Å². The third-order valence-electron chi connectivity index (χ3n) is 5.14. The maximum Gasteiger partial charge on any atom is 0.270 e. The lowest BCUT2D eigenvalue weighted by atomic mass is 10.1. The Morgan fingerprint density at radius 3 is 2.39 bits per heavy atom. The van der Waals surface area contributed by atoms with E-state index in [-0.39, 0.29) is 11.8 Å². The molecule has 0 radical (unpaired) electrons. The van der Waals surface area contributed by atoms with Gasteiger partial charge < -0.3 is 14.8 Å². The summed E-state index contributed by atoms with van der Waals surface area (Å²) in [5, 5.41) is 3.90. The minimum absolute atomic E-state index is 0.130. The van der Waals surface area contributed by atoms with Gasteiger partial charge in [-0.2, -0.15) is 0 Å². The van der Waals surface area contributed by atoms with Crippen LogP contribution in [0.4, 0.5) is 0 Å². The molecular formula is C23H23N3O2. The predicted molar refractivity (Wildman–Crippen MR) is 111 cm³/mol. The van der Waals surface area contributed by atoms with Crippen LogP contribution in [-0.2, 0) is 11.8 Å². The molecule has 0 unspecified atom stereocenters. The first-order chi connectivity index (χ1) is 13.6. The number of carbonyl (C=O) groups is 2. The predicted octanol–water partition coefficient (Wildman–Crippen LogP) is 3.57. The van der Waals surface area contributed by atoms with Crippen LogP contribution in [0, 0.1) is 0 Å². The first kappa shape index (κ1) is 18.0. The van der Waals surface area contributed by atoms with Crippen molar-refractivity contribution in [1.82, 2.24) is 14.8 Å². The molecule has 2 amide bonds. The Morgan fingerprint density at radius 2 is 1.64 bits per heavy atom. The molecule has 1 aliphatic rings. The Morgan fingerprint density at radius 1 is 0.964 bits per heavy atom. The monoisotopic (exact) mass is 373 g/mol. The molecule has 1 aromatic heterocycles. The number of aryl methyl sites for hydroxylation is 1. The fourth-order valence-corrected chi connectivity index (χ4v) is 3.67. The molecule has 28 heavy (non-hydrogen) atoms. The molecule has 1 N–H and O–H groups in total. The number of hydrogen-bond donors (Lipinski definition) is 1. The minimum atomic E-state index is -0.278. The summed E-state index contributed by atoms with van der Waals surface area (Å²) in [6, 6.07) is 17.0. The van der Waals surface area contributed by atoms with Gasteiger partial charge in [-0.15, -0.1) is 0 Å². The van der Waals surface area contributed by atoms with E-state index in [1.165, 1.54) is 0 Å². The summed E-state index contributed by atoms with van der Waals surface area (Å²) in [7, 11) is 1.98. The van der Waals surface area contributed by atoms with E-state index < -0.39 is 0 Å². The molecule has 2 aromatic carbocycles. The number of nitrogens with one attached hydrogen (secondary N) is 1. The zero-order chi connectivity index (χ0) is 19.5. The molecule has 5 nitrogen and oxygen atoms in total. The van der Waals surface area contributed by atoms with Crippen molar-refractivity contribution in [2.45, 2.75) is 12.8 Å². The summed E-state index contributed by atoms with van der Waals surface area (Å²) in [6.07, 6.45) is 5.78. The topological polar surface area (TPSA) is 54.3 Å². The zero-order valence-corrected chi connectivity index (χ0v) is 15.9. The van der Waals surface area contributed by atoms with Gasteiger partial charge in [0.1, 0.15) is 5.70 Å². The lowest BCUT2D eigenvalue weighted by molar-refractivity contribution is -0.126. The van der Waals surface area contributed by atoms with Crippen LogP contribution in [0.2, 0.25) is 0 Å². The van der Waals surface area contributed by atoms with Gasteiger partial charge in [0.15, 0.2) is 0 Å². The Kier molecular flexibility index (Phi) is 4.98. The maximum atomic E-state index is 13.1. The van der Waals surface area contributed by atoms with Gasteiger partial charge >= 0.3 is 0 Å². The number of hydrogen-bond acceptors (Lipinski definition) is 2. The lowest BCUT2D eigenvalue weighted by Crippen LogP contribution is -2.36. The molecule has 5 heteroatoms. The van der Waals surface area contributed by atoms with Gasteiger partial charge in [-0.25, -0.2) is 0 Å². The van der Waals surface area contributed by atoms with Gasteiger partial charge in [0.2, 0.25) is 0 Å². The van der Waals surface area contributed by atoms with Gasteiger partial charge in [0, 0.05) is 48.4 Å². The van der Waals surface area contributed by atoms with E-state index in [0.29, 0.717) is 11.3 Å². The Hall–Kier alpha value is -3.34. The Labute approximate surface area is 164 Å². The summed E-state index contributed by atoms with van der Waals surface area (Å²) < 4.78 is 2.03. The maximum absolute atomic E-state index is 13.1. The SMILES string of the molecule is Cn1cc(/C=C(\NC(=O)c2ccccc2)C(=O)N2CCCC2)c2ccccc21. The second kappa shape index (κ2) is 7.72. The standard InChI is InChI=1S/C23H23N3O2/c1-25-16-18(19-11-5-6-12-21(19)25)15-20(23(28)26-13-7-8-14-26)24-22(27)17-9-3-2-4-10-17/h2-6,9-12,15-16H,7-8,13-14H2,1H3,(H,24,27)/b20-15-. The van der Waals surface area contributed by atoms with Crippen LogP contribution in [0.1, 0.15) is 28.8 Å². The third-order valence-corrected chi connectivity index (χ3v) is 5.14. The zero-order valence-electron chi connectivity index (χ0n) is 15.9. The highest BCUT2D eigenvalue weighted by atomic mass is 16.2. The summed E-state index contributed by atoms with van der Waals surface area (Å²) in [6.45, 7) is 1.46. The average molecular weight is 373 g/mol. The van der Waals surface area contributed by atoms with Crippen molar-refractivity contribution in [3.05, 3.63) is 77.6 Å². The van der Waals surface area contributed by atoms with Crippen molar-refractivity contribution in [2.24, 2.45) is 7.05 Å². The quantitative estimate of drug-likeness (QED) is 0.711. The van der Waals surface area contributed by atoms with Crippen molar-refractivity contribution >= 4 is 28.8 Å². The van der Waals surface area contributed by atoms with Crippen molar-refractivity contribution in [2.75, 3.05) is 13.1 Å². The molecule has 1 aliphatic heterocycles. The highest BCUT2D eigenvalue weighted by Gasteiger charge is 2.23. The molecule has 1 fully saturated rings. The average Bonchev–Trinajstić information content (AvgIpc) is 3.37. The summed E-state index contributed by atoms with van der Waals surface area (Å²) in [5.74, 6) is -0.408. The molecule has 2 heterocycles. The lowest BCUT2D eigenvalue weighted by Gasteiger charge is -2.18. The summed E-state index contributed by atoms with van der Waals surface area (Å²) in [5.41, 5.74) is 2.83. The molecule has 0 aliphatic carbocycles. The van der Waals surface area contributed by atoms with Crippen molar-refractivity contribution < 1.29 is 9.59 Å². The minimum Gasteiger partial charge on any atom is -0.350 e. The smallest absolute Gasteiger partial charge is 0.270 e. The van der Waals surface area contributed by atoms with Gasteiger partial charge in [0.05, 0.1) is 0 Å². The van der Waals surface area contributed by atoms with E-state index in [1.54, 1.807) is 18.2 Å². The molecule has 0 bridgehead atoms. The van der Waals surface area contributed by atoms with Gasteiger partial charge in [0.25, 0.3) is 11.8 Å². The second-order valence-electron chi connectivity index (χ2n) is 7.09. The molecule has 1 saturated heterocycles. The summed E-state index contributed by atoms with van der Waals surface area (Å²) in [4.78, 5) is 27.6. The molecule has 3 aromatic rings. The van der Waals surface area contributed by atoms with Gasteiger partial charge in [-0.3, -0.25) is 9.59 Å². The number of para-hydroxylation sites is 1. The molecule has 142 valence electrons.